The lowest BCUT2D eigenvalue weighted by molar-refractivity contribution is 0.443. The van der Waals surface area contributed by atoms with Gasteiger partial charge in [0.05, 0.1) is 11.2 Å². The molecule has 2 aromatic heterocycles. The van der Waals surface area contributed by atoms with Gasteiger partial charge in [-0.25, -0.2) is 0 Å². The second-order valence-electron chi connectivity index (χ2n) is 5.29. The van der Waals surface area contributed by atoms with Crippen LogP contribution in [0.4, 0.5) is 5.69 Å². The molecule has 1 N–H and O–H groups in total. The Morgan fingerprint density at radius 2 is 2.06 bits per heavy atom. The van der Waals surface area contributed by atoms with Crippen LogP contribution in [0.3, 0.4) is 0 Å². The zero-order valence-electron chi connectivity index (χ0n) is 10.3. The molecule has 0 unspecified atom stereocenters. The Morgan fingerprint density at radius 3 is 2.76 bits per heavy atom. The third kappa shape index (κ3) is 3.16. The van der Waals surface area contributed by atoms with Gasteiger partial charge in [-0.2, -0.15) is 0 Å². The van der Waals surface area contributed by atoms with Gasteiger partial charge in [0.1, 0.15) is 5.52 Å². The van der Waals surface area contributed by atoms with Crippen LogP contribution in [-0.4, -0.2) is 16.5 Å². The zero-order chi connectivity index (χ0) is 12.5. The summed E-state index contributed by atoms with van der Waals surface area (Å²) in [7, 11) is 0. The van der Waals surface area contributed by atoms with E-state index in [2.05, 4.69) is 52.0 Å². The van der Waals surface area contributed by atoms with Crippen molar-refractivity contribution in [3.8, 4) is 0 Å². The van der Waals surface area contributed by atoms with E-state index in [4.69, 9.17) is 0 Å². The van der Waals surface area contributed by atoms with Gasteiger partial charge in [0, 0.05) is 23.4 Å². The molecule has 0 fully saturated rings. The fourth-order valence-corrected chi connectivity index (χ4v) is 1.83. The second-order valence-corrected chi connectivity index (χ2v) is 6.21. The van der Waals surface area contributed by atoms with Crippen molar-refractivity contribution in [2.24, 2.45) is 5.41 Å². The van der Waals surface area contributed by atoms with E-state index in [0.29, 0.717) is 0 Å². The molecule has 3 nitrogen and oxygen atoms in total. The second kappa shape index (κ2) is 4.61. The Bertz CT molecular complexity index is 532. The van der Waals surface area contributed by atoms with E-state index in [1.165, 1.54) is 0 Å². The van der Waals surface area contributed by atoms with Crippen LogP contribution >= 0.6 is 15.9 Å². The van der Waals surface area contributed by atoms with Crippen LogP contribution in [-0.2, 0) is 0 Å². The summed E-state index contributed by atoms with van der Waals surface area (Å²) in [5, 5.41) is 3.43. The molecule has 2 rings (SSSR count). The third-order valence-corrected chi connectivity index (χ3v) is 2.79. The lowest BCUT2D eigenvalue weighted by atomic mass is 9.97. The highest BCUT2D eigenvalue weighted by molar-refractivity contribution is 9.10. The van der Waals surface area contributed by atoms with Crippen LogP contribution in [0.2, 0.25) is 0 Å². The molecule has 17 heavy (non-hydrogen) atoms. The summed E-state index contributed by atoms with van der Waals surface area (Å²) >= 11 is 3.40. The van der Waals surface area contributed by atoms with Crippen molar-refractivity contribution >= 4 is 32.7 Å². The Morgan fingerprint density at radius 1 is 1.29 bits per heavy atom. The Hall–Kier alpha value is -1.16. The molecule has 0 spiro atoms. The van der Waals surface area contributed by atoms with Crippen molar-refractivity contribution in [2.75, 3.05) is 11.9 Å². The Balaban J connectivity index is 2.34. The first kappa shape index (κ1) is 12.3. The first-order valence-corrected chi connectivity index (χ1v) is 6.39. The number of anilines is 1. The maximum Gasteiger partial charge on any atom is 0.112 e. The zero-order valence-corrected chi connectivity index (χ0v) is 11.9. The van der Waals surface area contributed by atoms with Gasteiger partial charge in [-0.15, -0.1) is 0 Å². The van der Waals surface area contributed by atoms with Crippen LogP contribution in [0, 0.1) is 5.41 Å². The van der Waals surface area contributed by atoms with Gasteiger partial charge >= 0.3 is 0 Å². The first-order chi connectivity index (χ1) is 7.96. The maximum atomic E-state index is 4.41. The van der Waals surface area contributed by atoms with Crippen LogP contribution in [0.25, 0.3) is 11.0 Å². The van der Waals surface area contributed by atoms with Crippen LogP contribution < -0.4 is 5.32 Å². The normalized spacial score (nSPS) is 11.8. The van der Waals surface area contributed by atoms with E-state index in [1.54, 1.807) is 12.4 Å². The fraction of sp³-hybridized carbons (Fsp3) is 0.385. The number of hydrogen-bond donors (Lipinski definition) is 1. The van der Waals surface area contributed by atoms with Gasteiger partial charge in [-0.1, -0.05) is 20.8 Å². The molecule has 2 aromatic rings. The third-order valence-electron chi connectivity index (χ3n) is 2.35. The summed E-state index contributed by atoms with van der Waals surface area (Å²) in [6, 6.07) is 3.94. The lowest BCUT2D eigenvalue weighted by Crippen LogP contribution is -2.19. The summed E-state index contributed by atoms with van der Waals surface area (Å²) in [6.07, 6.45) is 3.60. The van der Waals surface area contributed by atoms with E-state index < -0.39 is 0 Å². The number of hydrogen-bond acceptors (Lipinski definition) is 3. The predicted molar refractivity (Wildman–Crippen MR) is 75.2 cm³/mol. The molecule has 90 valence electrons. The standard InChI is InChI=1S/C13H16BrN3/c1-13(2,3)8-17-10-4-5-15-11-6-9(14)7-16-12(10)11/h4-7H,8H2,1-3H3,(H,15,17). The van der Waals surface area contributed by atoms with Gasteiger partial charge in [0.25, 0.3) is 0 Å². The van der Waals surface area contributed by atoms with E-state index in [9.17, 15) is 0 Å². The molecule has 0 saturated carbocycles. The number of nitrogens with zero attached hydrogens (tertiary/aromatic N) is 2. The largest absolute Gasteiger partial charge is 0.383 e. The maximum absolute atomic E-state index is 4.41. The highest BCUT2D eigenvalue weighted by Crippen LogP contribution is 2.23. The van der Waals surface area contributed by atoms with Gasteiger partial charge in [0.2, 0.25) is 0 Å². The van der Waals surface area contributed by atoms with Crippen molar-refractivity contribution in [1.82, 2.24) is 9.97 Å². The molecule has 0 aliphatic rings. The van der Waals surface area contributed by atoms with E-state index >= 15 is 0 Å². The van der Waals surface area contributed by atoms with Gasteiger partial charge in [0.15, 0.2) is 0 Å². The first-order valence-electron chi connectivity index (χ1n) is 5.60. The van der Waals surface area contributed by atoms with E-state index in [1.807, 2.05) is 12.1 Å². The minimum atomic E-state index is 0.241. The molecular formula is C13H16BrN3. The van der Waals surface area contributed by atoms with Crippen LogP contribution in [0.15, 0.2) is 29.0 Å². The fourth-order valence-electron chi connectivity index (χ4n) is 1.51. The van der Waals surface area contributed by atoms with Crippen molar-refractivity contribution in [1.29, 1.82) is 0 Å². The highest BCUT2D eigenvalue weighted by Gasteiger charge is 2.11. The molecule has 0 radical (unpaired) electrons. The van der Waals surface area contributed by atoms with Crippen LogP contribution in [0.5, 0.6) is 0 Å². The quantitative estimate of drug-likeness (QED) is 0.914. The number of fused-ring (bicyclic) bond motifs is 1. The molecule has 4 heteroatoms. The van der Waals surface area contributed by atoms with Crippen molar-refractivity contribution in [2.45, 2.75) is 20.8 Å². The SMILES string of the molecule is CC(C)(C)CNc1ccnc2cc(Br)cnc12. The molecule has 0 amide bonds. The number of halogens is 1. The number of aromatic nitrogens is 2. The molecule has 0 aliphatic heterocycles. The monoisotopic (exact) mass is 293 g/mol. The highest BCUT2D eigenvalue weighted by atomic mass is 79.9. The minimum absolute atomic E-state index is 0.241. The molecule has 2 heterocycles. The Kier molecular flexibility index (Phi) is 3.33. The van der Waals surface area contributed by atoms with Crippen molar-refractivity contribution < 1.29 is 0 Å². The summed E-state index contributed by atoms with van der Waals surface area (Å²) in [5.41, 5.74) is 3.10. The smallest absolute Gasteiger partial charge is 0.112 e. The molecule has 0 aromatic carbocycles. The molecule has 0 atom stereocenters. The number of nitrogens with one attached hydrogen (secondary N) is 1. The topological polar surface area (TPSA) is 37.8 Å². The van der Waals surface area contributed by atoms with Gasteiger partial charge < -0.3 is 5.32 Å². The van der Waals surface area contributed by atoms with E-state index in [0.717, 1.165) is 27.7 Å². The van der Waals surface area contributed by atoms with Crippen molar-refractivity contribution in [3.63, 3.8) is 0 Å². The molecule has 0 saturated heterocycles. The Labute approximate surface area is 110 Å². The van der Waals surface area contributed by atoms with E-state index in [-0.39, 0.29) is 5.41 Å². The van der Waals surface area contributed by atoms with Crippen LogP contribution in [0.1, 0.15) is 20.8 Å². The summed E-state index contributed by atoms with van der Waals surface area (Å²) in [4.78, 5) is 8.72. The molecule has 0 bridgehead atoms. The number of pyridine rings is 2. The summed E-state index contributed by atoms with van der Waals surface area (Å²) < 4.78 is 0.950. The van der Waals surface area contributed by atoms with Crippen molar-refractivity contribution in [3.05, 3.63) is 29.0 Å². The molecule has 0 aliphatic carbocycles. The predicted octanol–water partition coefficient (Wildman–Crippen LogP) is 3.85. The average molecular weight is 294 g/mol. The summed E-state index contributed by atoms with van der Waals surface area (Å²) in [6.45, 7) is 7.51. The lowest BCUT2D eigenvalue weighted by Gasteiger charge is -2.20. The van der Waals surface area contributed by atoms with Gasteiger partial charge in [-0.3, -0.25) is 9.97 Å². The average Bonchev–Trinajstić information content (AvgIpc) is 2.24. The minimum Gasteiger partial charge on any atom is -0.383 e. The summed E-state index contributed by atoms with van der Waals surface area (Å²) in [5.74, 6) is 0. The molecular weight excluding hydrogens is 278 g/mol. The number of rotatable bonds is 2. The van der Waals surface area contributed by atoms with Gasteiger partial charge in [-0.05, 0) is 33.5 Å².